The van der Waals surface area contributed by atoms with Gasteiger partial charge in [0.25, 0.3) is 11.8 Å². The number of carbonyl (C=O) groups is 4. The maximum absolute atomic E-state index is 14.1. The van der Waals surface area contributed by atoms with Crippen molar-refractivity contribution in [1.82, 2.24) is 41.0 Å². The van der Waals surface area contributed by atoms with Crippen LogP contribution < -0.4 is 43.8 Å². The molecule has 0 radical (unpaired) electrons. The standard InChI is InChI=1S/C23H32FN7O4.C13H13ClFN5O.C10H20N2O3/c1-12(2)19-13(24)6-7-17(29-19)27-15-10-18(30-31-20(15)21(25)32)26-14-8-9-34-11-16(14)28-22(33)35-23(3,4)5;1-6(2)11-7(15)3-4-10(18-11)17-8-5-9(14)19-20-12(8)13(16)21;1-10(2,3)15-9(13)12-8-6-14-5-4-7(8)11/h6-7,10,12,14,16H,8-9,11H2,1-5H3,(H2,25,32)(H,28,33)(H2,26,27,29,30);3-6H,1-2H3,(H2,16,21)(H,17,18,19);7-8H,4-6,11H2,1-3H3,(H,12,13)/t14-,16+;;7-,8+/m1.1/s1. The number of nitrogens with one attached hydrogen (secondary N) is 5. The monoisotopic (exact) mass is 1010 g/mol. The Hall–Kier alpha value is -6.63. The fraction of sp³-hybridized carbons (Fsp3) is 0.522. The molecule has 22 nitrogen and oxygen atoms in total. The summed E-state index contributed by atoms with van der Waals surface area (Å²) in [5.74, 6) is -1.55. The number of anilines is 5. The first-order valence-corrected chi connectivity index (χ1v) is 23.1. The molecule has 2 saturated heterocycles. The number of nitrogens with zero attached hydrogens (tertiary/aromatic N) is 6. The van der Waals surface area contributed by atoms with E-state index >= 15 is 0 Å². The van der Waals surface area contributed by atoms with Gasteiger partial charge in [0.2, 0.25) is 0 Å². The van der Waals surface area contributed by atoms with Gasteiger partial charge in [-0.1, -0.05) is 39.3 Å². The second-order valence-corrected chi connectivity index (χ2v) is 19.4. The summed E-state index contributed by atoms with van der Waals surface area (Å²) in [4.78, 5) is 55.4. The summed E-state index contributed by atoms with van der Waals surface area (Å²) in [6.07, 6.45) is 0.356. The van der Waals surface area contributed by atoms with Gasteiger partial charge in [0.1, 0.15) is 34.5 Å². The molecule has 6 heterocycles. The number of hydrogen-bond acceptors (Lipinski definition) is 18. The average Bonchev–Trinajstić information content (AvgIpc) is 3.25. The first-order valence-electron chi connectivity index (χ1n) is 22.7. The maximum Gasteiger partial charge on any atom is 0.408 e. The number of amides is 4. The van der Waals surface area contributed by atoms with E-state index in [0.29, 0.717) is 49.4 Å². The van der Waals surface area contributed by atoms with Crippen molar-refractivity contribution in [2.45, 2.75) is 129 Å². The van der Waals surface area contributed by atoms with E-state index in [1.807, 2.05) is 48.5 Å². The Morgan fingerprint density at radius 1 is 0.662 bits per heavy atom. The molecule has 4 aromatic rings. The lowest BCUT2D eigenvalue weighted by molar-refractivity contribution is 0.0297. The van der Waals surface area contributed by atoms with Crippen molar-refractivity contribution in [3.63, 3.8) is 0 Å². The number of ether oxygens (including phenoxy) is 4. The normalized spacial score (nSPS) is 17.9. The van der Waals surface area contributed by atoms with Gasteiger partial charge in [-0.2, -0.15) is 0 Å². The highest BCUT2D eigenvalue weighted by Crippen LogP contribution is 2.26. The molecular weight excluding hydrogens is 950 g/mol. The molecule has 6 rings (SSSR count). The molecule has 0 spiro atoms. The first kappa shape index (κ1) is 57.0. The van der Waals surface area contributed by atoms with Crippen LogP contribution in [0.5, 0.6) is 0 Å². The van der Waals surface area contributed by atoms with Gasteiger partial charge in [-0.25, -0.2) is 28.3 Å². The lowest BCUT2D eigenvalue weighted by atomic mass is 10.0. The topological polar surface area (TPSA) is 321 Å². The van der Waals surface area contributed by atoms with Gasteiger partial charge < -0.3 is 62.7 Å². The van der Waals surface area contributed by atoms with Crippen molar-refractivity contribution < 1.29 is 46.9 Å². The Kier molecular flexibility index (Phi) is 20.4. The number of hydrogen-bond donors (Lipinski definition) is 8. The van der Waals surface area contributed by atoms with E-state index in [4.69, 9.17) is 47.7 Å². The van der Waals surface area contributed by atoms with E-state index in [0.717, 1.165) is 6.42 Å². The number of nitrogens with two attached hydrogens (primary N) is 3. The Bertz CT molecular complexity index is 2480. The lowest BCUT2D eigenvalue weighted by Crippen LogP contribution is -2.54. The number of halogens is 3. The van der Waals surface area contributed by atoms with Crippen molar-refractivity contribution in [3.05, 3.63) is 76.0 Å². The highest BCUT2D eigenvalue weighted by atomic mass is 35.5. The number of rotatable bonds is 12. The number of pyridine rings is 2. The molecule has 2 aliphatic rings. The highest BCUT2D eigenvalue weighted by molar-refractivity contribution is 6.29. The van der Waals surface area contributed by atoms with E-state index in [2.05, 4.69) is 56.9 Å². The zero-order valence-corrected chi connectivity index (χ0v) is 42.2. The number of carbonyl (C=O) groups excluding carboxylic acids is 4. The molecule has 0 unspecified atom stereocenters. The minimum atomic E-state index is -0.784. The maximum atomic E-state index is 14.1. The molecule has 0 saturated carbocycles. The summed E-state index contributed by atoms with van der Waals surface area (Å²) in [5.41, 5.74) is 16.4. The summed E-state index contributed by atoms with van der Waals surface area (Å²) in [6, 6.07) is 7.64. The summed E-state index contributed by atoms with van der Waals surface area (Å²) < 4.78 is 48.9. The fourth-order valence-corrected chi connectivity index (χ4v) is 6.74. The minimum absolute atomic E-state index is 0.0498. The quantitative estimate of drug-likeness (QED) is 0.0769. The van der Waals surface area contributed by atoms with Crippen LogP contribution in [0.3, 0.4) is 0 Å². The molecule has 4 atom stereocenters. The van der Waals surface area contributed by atoms with E-state index in [1.54, 1.807) is 26.8 Å². The highest BCUT2D eigenvalue weighted by Gasteiger charge is 2.30. The average molecular weight is 1020 g/mol. The molecule has 4 aromatic heterocycles. The molecule has 2 fully saturated rings. The van der Waals surface area contributed by atoms with Crippen LogP contribution in [0.4, 0.5) is 47.2 Å². The summed E-state index contributed by atoms with van der Waals surface area (Å²) in [6.45, 7) is 20.0. The van der Waals surface area contributed by atoms with E-state index < -0.39 is 46.8 Å². The molecule has 2 aliphatic heterocycles. The van der Waals surface area contributed by atoms with Crippen LogP contribution in [0, 0.1) is 11.6 Å². The van der Waals surface area contributed by atoms with Gasteiger partial charge in [-0.3, -0.25) is 9.59 Å². The predicted molar refractivity (Wildman–Crippen MR) is 262 cm³/mol. The molecule has 4 amide bonds. The molecule has 0 bridgehead atoms. The predicted octanol–water partition coefficient (Wildman–Crippen LogP) is 6.33. The zero-order valence-electron chi connectivity index (χ0n) is 41.5. The summed E-state index contributed by atoms with van der Waals surface area (Å²) in [7, 11) is 0. The van der Waals surface area contributed by atoms with E-state index in [-0.39, 0.29) is 76.2 Å². The van der Waals surface area contributed by atoms with Crippen molar-refractivity contribution in [2.24, 2.45) is 17.2 Å². The Morgan fingerprint density at radius 3 is 1.58 bits per heavy atom. The largest absolute Gasteiger partial charge is 0.444 e. The number of alkyl carbamates (subject to hydrolysis) is 2. The summed E-state index contributed by atoms with van der Waals surface area (Å²) in [5, 5.41) is 29.9. The van der Waals surface area contributed by atoms with Crippen molar-refractivity contribution >= 4 is 64.4 Å². The lowest BCUT2D eigenvalue weighted by Gasteiger charge is -2.33. The Labute approximate surface area is 416 Å². The second-order valence-electron chi connectivity index (χ2n) is 19.0. The molecule has 0 aliphatic carbocycles. The third kappa shape index (κ3) is 18.6. The third-order valence-corrected chi connectivity index (χ3v) is 10.1. The minimum Gasteiger partial charge on any atom is -0.444 e. The van der Waals surface area contributed by atoms with Gasteiger partial charge >= 0.3 is 12.2 Å². The van der Waals surface area contributed by atoms with Crippen LogP contribution in [0.25, 0.3) is 0 Å². The van der Waals surface area contributed by atoms with Gasteiger partial charge in [0.15, 0.2) is 22.4 Å². The fourth-order valence-electron chi connectivity index (χ4n) is 6.59. The SMILES string of the molecule is CC(C)(C)OC(=O)N[C@H]1COCC[C@H]1N.CC(C)c1nc(Nc2cc(Cl)nnc2C(N)=O)ccc1F.CC(C)c1nc(Nc2cc(N[C@@H]3CCOC[C@@H]3NC(=O)OC(C)(C)C)nnc2C(N)=O)ccc1F. The van der Waals surface area contributed by atoms with Crippen molar-refractivity contribution in [3.8, 4) is 0 Å². The van der Waals surface area contributed by atoms with E-state index in [9.17, 15) is 28.0 Å². The van der Waals surface area contributed by atoms with E-state index in [1.165, 1.54) is 30.3 Å². The molecular formula is C46H65ClF2N14O8. The number of primary amides is 2. The molecule has 25 heteroatoms. The van der Waals surface area contributed by atoms with Gasteiger partial charge in [0, 0.05) is 31.4 Å². The molecule has 71 heavy (non-hydrogen) atoms. The van der Waals surface area contributed by atoms with Crippen molar-refractivity contribution in [2.75, 3.05) is 42.4 Å². The molecule has 0 aromatic carbocycles. The summed E-state index contributed by atoms with van der Waals surface area (Å²) >= 11 is 5.75. The molecule has 11 N–H and O–H groups in total. The number of aromatic nitrogens is 6. The molecule has 388 valence electrons. The Morgan fingerprint density at radius 2 is 1.11 bits per heavy atom. The van der Waals surface area contributed by atoms with Crippen LogP contribution in [-0.2, 0) is 18.9 Å². The van der Waals surface area contributed by atoms with Gasteiger partial charge in [-0.05, 0) is 90.5 Å². The van der Waals surface area contributed by atoms with Crippen LogP contribution in [0.2, 0.25) is 5.15 Å². The zero-order chi connectivity index (χ0) is 52.8. The van der Waals surface area contributed by atoms with Crippen LogP contribution in [0.15, 0.2) is 36.4 Å². The smallest absolute Gasteiger partial charge is 0.408 e. The van der Waals surface area contributed by atoms with Crippen LogP contribution in [0.1, 0.15) is 126 Å². The first-order chi connectivity index (χ1) is 33.2. The van der Waals surface area contributed by atoms with Crippen LogP contribution in [-0.4, -0.2) is 116 Å². The Balaban J connectivity index is 0.000000257. The van der Waals surface area contributed by atoms with Gasteiger partial charge in [-0.15, -0.1) is 20.4 Å². The van der Waals surface area contributed by atoms with Gasteiger partial charge in [0.05, 0.1) is 54.1 Å². The second kappa shape index (κ2) is 25.5. The third-order valence-electron chi connectivity index (χ3n) is 9.89. The van der Waals surface area contributed by atoms with Crippen molar-refractivity contribution in [1.29, 1.82) is 0 Å². The van der Waals surface area contributed by atoms with Crippen LogP contribution >= 0.6 is 11.6 Å².